The fourth-order valence-corrected chi connectivity index (χ4v) is 3.65. The van der Waals surface area contributed by atoms with E-state index in [1.807, 2.05) is 24.3 Å². The number of ether oxygens (including phenoxy) is 2. The Morgan fingerprint density at radius 1 is 1.20 bits per heavy atom. The van der Waals surface area contributed by atoms with E-state index in [-0.39, 0.29) is 11.9 Å². The Labute approximate surface area is 182 Å². The molecular formula is C22H28ClFN4O2. The van der Waals surface area contributed by atoms with Crippen LogP contribution in [-0.4, -0.2) is 57.9 Å². The van der Waals surface area contributed by atoms with Gasteiger partial charge in [-0.15, -0.1) is 0 Å². The van der Waals surface area contributed by atoms with Crippen molar-refractivity contribution in [3.63, 3.8) is 0 Å². The van der Waals surface area contributed by atoms with E-state index in [2.05, 4.69) is 20.5 Å². The van der Waals surface area contributed by atoms with Crippen molar-refractivity contribution in [3.8, 4) is 5.75 Å². The molecular weight excluding hydrogens is 407 g/mol. The summed E-state index contributed by atoms with van der Waals surface area (Å²) < 4.78 is 24.3. The lowest BCUT2D eigenvalue weighted by Crippen LogP contribution is -2.46. The molecule has 0 radical (unpaired) electrons. The lowest BCUT2D eigenvalue weighted by molar-refractivity contribution is 0.0170. The number of nitrogens with zero attached hydrogens (tertiary/aromatic N) is 2. The minimum Gasteiger partial charge on any atom is -0.496 e. The Morgan fingerprint density at radius 2 is 1.93 bits per heavy atom. The zero-order valence-electron chi connectivity index (χ0n) is 17.3. The molecule has 8 heteroatoms. The molecule has 0 spiro atoms. The Balaban J connectivity index is 1.65. The predicted molar refractivity (Wildman–Crippen MR) is 118 cm³/mol. The number of benzene rings is 2. The third-order valence-electron chi connectivity index (χ3n) is 5.12. The van der Waals surface area contributed by atoms with Crippen LogP contribution in [0.5, 0.6) is 5.75 Å². The third-order valence-corrected chi connectivity index (χ3v) is 5.36. The van der Waals surface area contributed by atoms with Crippen LogP contribution in [-0.2, 0) is 11.3 Å². The summed E-state index contributed by atoms with van der Waals surface area (Å²) in [6, 6.07) is 12.3. The number of aliphatic imine (C=N–C) groups is 1. The Hall–Kier alpha value is -2.35. The van der Waals surface area contributed by atoms with Crippen molar-refractivity contribution in [3.05, 3.63) is 64.4 Å². The van der Waals surface area contributed by atoms with Gasteiger partial charge in [-0.25, -0.2) is 4.39 Å². The molecule has 0 bridgehead atoms. The average Bonchev–Trinajstić information content (AvgIpc) is 2.78. The highest BCUT2D eigenvalue weighted by Gasteiger charge is 2.23. The fraction of sp³-hybridized carbons (Fsp3) is 0.409. The molecule has 2 N–H and O–H groups in total. The third kappa shape index (κ3) is 6.08. The number of rotatable bonds is 7. The fourth-order valence-electron chi connectivity index (χ4n) is 3.49. The van der Waals surface area contributed by atoms with Crippen molar-refractivity contribution < 1.29 is 13.9 Å². The van der Waals surface area contributed by atoms with Crippen molar-refractivity contribution >= 4 is 17.6 Å². The van der Waals surface area contributed by atoms with Crippen LogP contribution in [0.15, 0.2) is 47.5 Å². The maximum atomic E-state index is 13.4. The molecule has 3 rings (SSSR count). The molecule has 0 saturated carbocycles. The van der Waals surface area contributed by atoms with Gasteiger partial charge in [-0.3, -0.25) is 9.89 Å². The van der Waals surface area contributed by atoms with Crippen LogP contribution in [0.2, 0.25) is 5.02 Å². The van der Waals surface area contributed by atoms with E-state index in [1.54, 1.807) is 20.2 Å². The van der Waals surface area contributed by atoms with Crippen molar-refractivity contribution in [2.75, 3.05) is 47.0 Å². The Bertz CT molecular complexity index is 842. The Morgan fingerprint density at radius 3 is 2.60 bits per heavy atom. The number of methoxy groups -OCH3 is 1. The monoisotopic (exact) mass is 434 g/mol. The van der Waals surface area contributed by atoms with Crippen molar-refractivity contribution in [1.82, 2.24) is 15.5 Å². The van der Waals surface area contributed by atoms with Gasteiger partial charge in [0.05, 0.1) is 26.4 Å². The zero-order chi connectivity index (χ0) is 21.3. The SMILES string of the molecule is CN=C(NCc1ccc(Cl)cc1OC)NCC(c1ccc(F)cc1)N1CCOCC1. The van der Waals surface area contributed by atoms with Gasteiger partial charge in [0.1, 0.15) is 11.6 Å². The van der Waals surface area contributed by atoms with Crippen molar-refractivity contribution in [2.45, 2.75) is 12.6 Å². The first-order chi connectivity index (χ1) is 14.6. The molecule has 1 aliphatic heterocycles. The largest absolute Gasteiger partial charge is 0.496 e. The molecule has 1 atom stereocenters. The van der Waals surface area contributed by atoms with Crippen LogP contribution < -0.4 is 15.4 Å². The maximum absolute atomic E-state index is 13.4. The first-order valence-electron chi connectivity index (χ1n) is 9.95. The van der Waals surface area contributed by atoms with E-state index in [9.17, 15) is 4.39 Å². The van der Waals surface area contributed by atoms with Crippen LogP contribution in [0.4, 0.5) is 4.39 Å². The summed E-state index contributed by atoms with van der Waals surface area (Å²) in [6.07, 6.45) is 0. The predicted octanol–water partition coefficient (Wildman–Crippen LogP) is 3.23. The highest BCUT2D eigenvalue weighted by Crippen LogP contribution is 2.23. The van der Waals surface area contributed by atoms with Crippen LogP contribution in [0.3, 0.4) is 0 Å². The molecule has 1 fully saturated rings. The first-order valence-corrected chi connectivity index (χ1v) is 10.3. The first kappa shape index (κ1) is 22.3. The van der Waals surface area contributed by atoms with Gasteiger partial charge in [0.15, 0.2) is 5.96 Å². The molecule has 162 valence electrons. The Kier molecular flexibility index (Phi) is 8.30. The summed E-state index contributed by atoms with van der Waals surface area (Å²) in [5.41, 5.74) is 2.04. The number of hydrogen-bond acceptors (Lipinski definition) is 4. The molecule has 0 aliphatic carbocycles. The maximum Gasteiger partial charge on any atom is 0.191 e. The van der Waals surface area contributed by atoms with Gasteiger partial charge in [-0.1, -0.05) is 29.8 Å². The van der Waals surface area contributed by atoms with E-state index in [0.717, 1.165) is 30.0 Å². The second-order valence-electron chi connectivity index (χ2n) is 6.98. The van der Waals surface area contributed by atoms with E-state index in [4.69, 9.17) is 21.1 Å². The molecule has 2 aromatic rings. The summed E-state index contributed by atoms with van der Waals surface area (Å²) >= 11 is 6.04. The summed E-state index contributed by atoms with van der Waals surface area (Å²) in [4.78, 5) is 6.67. The molecule has 30 heavy (non-hydrogen) atoms. The van der Waals surface area contributed by atoms with E-state index in [1.165, 1.54) is 12.1 Å². The lowest BCUT2D eigenvalue weighted by atomic mass is 10.0. The van der Waals surface area contributed by atoms with Gasteiger partial charge < -0.3 is 20.1 Å². The molecule has 1 aliphatic rings. The van der Waals surface area contributed by atoms with Crippen LogP contribution >= 0.6 is 11.6 Å². The van der Waals surface area contributed by atoms with Gasteiger partial charge in [0, 0.05) is 43.8 Å². The van der Waals surface area contributed by atoms with Crippen LogP contribution in [0.25, 0.3) is 0 Å². The molecule has 0 amide bonds. The van der Waals surface area contributed by atoms with Crippen LogP contribution in [0.1, 0.15) is 17.2 Å². The number of hydrogen-bond donors (Lipinski definition) is 2. The second-order valence-corrected chi connectivity index (χ2v) is 7.41. The van der Waals surface area contributed by atoms with Crippen molar-refractivity contribution in [1.29, 1.82) is 0 Å². The quantitative estimate of drug-likeness (QED) is 0.517. The zero-order valence-corrected chi connectivity index (χ0v) is 18.1. The average molecular weight is 435 g/mol. The van der Waals surface area contributed by atoms with E-state index in [0.29, 0.717) is 37.3 Å². The molecule has 0 aromatic heterocycles. The number of halogens is 2. The second kappa shape index (κ2) is 11.2. The summed E-state index contributed by atoms with van der Waals surface area (Å²) in [5, 5.41) is 7.34. The van der Waals surface area contributed by atoms with Gasteiger partial charge in [-0.2, -0.15) is 0 Å². The van der Waals surface area contributed by atoms with Gasteiger partial charge in [-0.05, 0) is 29.8 Å². The molecule has 2 aromatic carbocycles. The molecule has 6 nitrogen and oxygen atoms in total. The molecule has 1 saturated heterocycles. The summed E-state index contributed by atoms with van der Waals surface area (Å²) in [5.74, 6) is 1.16. The number of morpholine rings is 1. The van der Waals surface area contributed by atoms with E-state index < -0.39 is 0 Å². The lowest BCUT2D eigenvalue weighted by Gasteiger charge is -2.35. The number of nitrogens with one attached hydrogen (secondary N) is 2. The van der Waals surface area contributed by atoms with Gasteiger partial charge in [0.25, 0.3) is 0 Å². The minimum absolute atomic E-state index is 0.0816. The standard InChI is InChI=1S/C22H28ClFN4O2/c1-25-22(26-14-17-3-6-18(23)13-21(17)29-2)27-15-20(28-9-11-30-12-10-28)16-4-7-19(24)8-5-16/h3-8,13,20H,9-12,14-15H2,1-2H3,(H2,25,26,27). The summed E-state index contributed by atoms with van der Waals surface area (Å²) in [6.45, 7) is 4.22. The van der Waals surface area contributed by atoms with Crippen molar-refractivity contribution in [2.24, 2.45) is 4.99 Å². The minimum atomic E-state index is -0.234. The van der Waals surface area contributed by atoms with Gasteiger partial charge >= 0.3 is 0 Å². The normalized spacial score (nSPS) is 16.2. The highest BCUT2D eigenvalue weighted by molar-refractivity contribution is 6.30. The molecule has 1 heterocycles. The van der Waals surface area contributed by atoms with Gasteiger partial charge in [0.2, 0.25) is 0 Å². The molecule has 1 unspecified atom stereocenters. The summed E-state index contributed by atoms with van der Waals surface area (Å²) in [7, 11) is 3.36. The van der Waals surface area contributed by atoms with Crippen LogP contribution in [0, 0.1) is 5.82 Å². The van der Waals surface area contributed by atoms with E-state index >= 15 is 0 Å². The highest BCUT2D eigenvalue weighted by atomic mass is 35.5. The smallest absolute Gasteiger partial charge is 0.191 e. The topological polar surface area (TPSA) is 58.1 Å². The number of guanidine groups is 1.